The first kappa shape index (κ1) is 47.6. The monoisotopic (exact) mass is 806 g/mol. The smallest absolute Gasteiger partial charge is 0.228 e. The summed E-state index contributed by atoms with van der Waals surface area (Å²) in [7, 11) is 6.08. The number of amides is 1. The van der Waals surface area contributed by atoms with E-state index in [-0.39, 0.29) is 104 Å². The van der Waals surface area contributed by atoms with Crippen molar-refractivity contribution >= 4 is 11.6 Å². The molecule has 0 bridgehead atoms. The number of rotatable bonds is 0. The maximum Gasteiger partial charge on any atom is 0.228 e. The minimum absolute atomic E-state index is 0. The van der Waals surface area contributed by atoms with E-state index in [2.05, 4.69) is 66.4 Å². The summed E-state index contributed by atoms with van der Waals surface area (Å²) in [6.07, 6.45) is 7.18. The Balaban J connectivity index is -0.000000477. The fourth-order valence-electron chi connectivity index (χ4n) is 4.21. The van der Waals surface area contributed by atoms with Gasteiger partial charge in [-0.05, 0) is 13.6 Å². The van der Waals surface area contributed by atoms with Crippen LogP contribution in [0.5, 0.6) is 0 Å². The van der Waals surface area contributed by atoms with Gasteiger partial charge >= 0.3 is 0 Å². The molecule has 0 saturated heterocycles. The van der Waals surface area contributed by atoms with Crippen molar-refractivity contribution in [3.63, 3.8) is 0 Å². The van der Waals surface area contributed by atoms with Crippen LogP contribution in [-0.4, -0.2) is 43.4 Å². The zero-order chi connectivity index (χ0) is 29.9. The van der Waals surface area contributed by atoms with Gasteiger partial charge in [0.15, 0.2) is 0 Å². The van der Waals surface area contributed by atoms with Crippen molar-refractivity contribution in [2.75, 3.05) is 32.6 Å². The van der Waals surface area contributed by atoms with Gasteiger partial charge in [-0.1, -0.05) is 17.7 Å². The van der Waals surface area contributed by atoms with Gasteiger partial charge in [-0.15, -0.1) is 28.3 Å². The third-order valence-corrected chi connectivity index (χ3v) is 5.92. The molecule has 3 aliphatic rings. The maximum atomic E-state index is 11.3. The minimum Gasteiger partial charge on any atom is -0.397 e. The molecule has 7 heteroatoms. The standard InChI is InChI=1S/C9H8NO.2C9H10N.3C3H7.3Y/c1-10-6-7-4-2-3-5-8(7)9(10)11;1-10-6-8-4-2-3-5-9(8)7-10;1-10-7-6-8-4-2-3-5-9(8)10;3*1-3-2;;;/h3-5H,6H2,1H3;2,4-5H,6-7H2,1H3;3-5H,6-7H2,1H3;3*3H,1-2H3;;;/q6*-1;;;. The average Bonchev–Trinajstić information content (AvgIpc) is 3.60. The van der Waals surface area contributed by atoms with E-state index in [1.807, 2.05) is 92.1 Å². The van der Waals surface area contributed by atoms with Gasteiger partial charge in [-0.3, -0.25) is 4.79 Å². The molecular weight excluding hydrogens is 757 g/mol. The van der Waals surface area contributed by atoms with Crippen LogP contribution < -0.4 is 4.90 Å². The average molecular weight is 807 g/mol. The van der Waals surface area contributed by atoms with Crippen LogP contribution in [-0.2, 0) is 124 Å². The zero-order valence-corrected chi connectivity index (χ0v) is 36.5. The molecule has 0 fully saturated rings. The van der Waals surface area contributed by atoms with Crippen molar-refractivity contribution < 1.29 is 103 Å². The number of carbonyl (C=O) groups excluding carboxylic acids is 1. The quantitative estimate of drug-likeness (QED) is 0.219. The van der Waals surface area contributed by atoms with Crippen LogP contribution in [0.3, 0.4) is 0 Å². The number of nitrogens with zero attached hydrogens (tertiary/aromatic N) is 3. The van der Waals surface area contributed by atoms with E-state index >= 15 is 0 Å². The van der Waals surface area contributed by atoms with Gasteiger partial charge in [0.05, 0.1) is 0 Å². The molecule has 229 valence electrons. The van der Waals surface area contributed by atoms with Crippen LogP contribution >= 0.6 is 0 Å². The Morgan fingerprint density at radius 3 is 1.58 bits per heavy atom. The number of carbonyl (C=O) groups is 1. The van der Waals surface area contributed by atoms with Gasteiger partial charge < -0.3 is 34.0 Å². The van der Waals surface area contributed by atoms with Crippen LogP contribution in [0.15, 0.2) is 54.6 Å². The summed E-state index contributed by atoms with van der Waals surface area (Å²) < 4.78 is 0. The third-order valence-electron chi connectivity index (χ3n) is 5.92. The van der Waals surface area contributed by atoms with Crippen molar-refractivity contribution in [3.8, 4) is 0 Å². The van der Waals surface area contributed by atoms with Crippen molar-refractivity contribution in [2.24, 2.45) is 0 Å². The number of anilines is 1. The summed E-state index contributed by atoms with van der Waals surface area (Å²) >= 11 is 0. The van der Waals surface area contributed by atoms with Crippen LogP contribution in [0.2, 0.25) is 0 Å². The predicted molar refractivity (Wildman–Crippen MR) is 171 cm³/mol. The molecule has 0 aromatic heterocycles. The normalized spacial score (nSPS) is 12.8. The third kappa shape index (κ3) is 17.6. The Bertz CT molecular complexity index is 1100. The fourth-order valence-corrected chi connectivity index (χ4v) is 4.21. The van der Waals surface area contributed by atoms with Crippen molar-refractivity contribution in [2.45, 2.75) is 67.6 Å². The largest absolute Gasteiger partial charge is 0.397 e. The first-order chi connectivity index (χ1) is 19.3. The summed E-state index contributed by atoms with van der Waals surface area (Å²) in [5, 5.41) is 0. The number of hydrogen-bond donors (Lipinski definition) is 0. The Labute approximate surface area is 340 Å². The molecule has 43 heavy (non-hydrogen) atoms. The van der Waals surface area contributed by atoms with Gasteiger partial charge in [0.2, 0.25) is 5.91 Å². The van der Waals surface area contributed by atoms with Crippen LogP contribution in [0.1, 0.15) is 74.2 Å². The second-order valence-electron chi connectivity index (χ2n) is 10.1. The molecule has 0 N–H and O–H groups in total. The van der Waals surface area contributed by atoms with E-state index in [9.17, 15) is 4.79 Å². The maximum absolute atomic E-state index is 11.3. The molecule has 3 radical (unpaired) electrons. The van der Waals surface area contributed by atoms with Crippen molar-refractivity contribution in [1.29, 1.82) is 0 Å². The van der Waals surface area contributed by atoms with Gasteiger partial charge in [0, 0.05) is 132 Å². The van der Waals surface area contributed by atoms with Gasteiger partial charge in [0.1, 0.15) is 0 Å². The number of hydrogen-bond acceptors (Lipinski definition) is 3. The number of likely N-dealkylation sites (N-methyl/N-ethyl adjacent to an activating group) is 1. The molecule has 3 aromatic carbocycles. The first-order valence-corrected chi connectivity index (χ1v) is 14.1. The zero-order valence-electron chi connectivity index (χ0n) is 27.9. The first-order valence-electron chi connectivity index (χ1n) is 14.1. The second-order valence-corrected chi connectivity index (χ2v) is 10.1. The summed E-state index contributed by atoms with van der Waals surface area (Å²) in [5.74, 6) is 0.119. The van der Waals surface area contributed by atoms with Gasteiger partial charge in [-0.2, -0.15) is 108 Å². The Kier molecular flexibility index (Phi) is 31.5. The molecule has 6 rings (SSSR count). The molecule has 0 saturated carbocycles. The summed E-state index contributed by atoms with van der Waals surface area (Å²) in [6, 6.07) is 27.0. The molecular formula is C36H49N3OY3-6. The van der Waals surface area contributed by atoms with Crippen LogP contribution in [0, 0.1) is 37.5 Å². The Hall–Kier alpha value is 0.202. The summed E-state index contributed by atoms with van der Waals surface area (Å²) in [6.45, 7) is 16.1. The predicted octanol–water partition coefficient (Wildman–Crippen LogP) is 7.67. The summed E-state index contributed by atoms with van der Waals surface area (Å²) in [5.41, 5.74) is 7.61. The van der Waals surface area contributed by atoms with Crippen molar-refractivity contribution in [3.05, 3.63) is 120 Å². The van der Waals surface area contributed by atoms with Crippen LogP contribution in [0.25, 0.3) is 0 Å². The molecule has 0 aliphatic carbocycles. The molecule has 4 nitrogen and oxygen atoms in total. The molecule has 0 spiro atoms. The molecule has 1 amide bonds. The van der Waals surface area contributed by atoms with Gasteiger partial charge in [-0.25, -0.2) is 0 Å². The minimum atomic E-state index is 0. The topological polar surface area (TPSA) is 26.8 Å². The Morgan fingerprint density at radius 2 is 1.07 bits per heavy atom. The number of benzene rings is 3. The van der Waals surface area contributed by atoms with Crippen LogP contribution in [0.4, 0.5) is 5.69 Å². The summed E-state index contributed by atoms with van der Waals surface area (Å²) in [4.78, 5) is 17.6. The SMILES string of the molecule is CN1CCc2c[c-]ccc21.CN1Cc2c[c-]ccc2C1.CN1Cc2c[c-]ccc2C1=O.C[CH-]C.C[CH-]C.C[CH-]C.[Y].[Y].[Y]. The van der Waals surface area contributed by atoms with E-state index in [0.717, 1.165) is 37.3 Å². The molecule has 3 aromatic rings. The molecule has 3 heterocycles. The van der Waals surface area contributed by atoms with E-state index in [1.165, 1.54) is 28.8 Å². The molecule has 0 unspecified atom stereocenters. The molecule has 0 atom stereocenters. The van der Waals surface area contributed by atoms with Crippen molar-refractivity contribution in [1.82, 2.24) is 9.80 Å². The molecule has 3 aliphatic heterocycles. The van der Waals surface area contributed by atoms with E-state index < -0.39 is 0 Å². The van der Waals surface area contributed by atoms with Gasteiger partial charge in [0.25, 0.3) is 0 Å². The van der Waals surface area contributed by atoms with E-state index in [0.29, 0.717) is 0 Å². The fraction of sp³-hybridized carbons (Fsp3) is 0.389. The van der Waals surface area contributed by atoms with E-state index in [1.54, 1.807) is 11.0 Å². The second kappa shape index (κ2) is 28.4. The number of fused-ring (bicyclic) bond motifs is 3. The van der Waals surface area contributed by atoms with E-state index in [4.69, 9.17) is 0 Å². The Morgan fingerprint density at radius 1 is 0.605 bits per heavy atom.